The van der Waals surface area contributed by atoms with Crippen molar-refractivity contribution in [3.05, 3.63) is 124 Å². The standard InChI is InChI=1S/C23H33N3OS.C16H18N2OS/c1-4-5-6-9-18-11-12-19(13-22(18)25-14-20(24)15-28)23(27)26-21-10-7-8-16(2)17(21)3;17-14(11-20)10-18-15-8-4-7-13(9-15)16(19)12-5-2-1-3-6-12/h7-8,10-13,20,25,28H,4-6,9,14-15,24H2,1-3H3,(H,26,27);1-9,14,18,20H,10-11,17H2/t20-;14-/m11/s1. The minimum atomic E-state index is -0.102. The lowest BCUT2D eigenvalue weighted by atomic mass is 10.0. The zero-order valence-electron chi connectivity index (χ0n) is 28.3. The molecule has 9 heteroatoms. The lowest BCUT2D eigenvalue weighted by Crippen LogP contribution is -2.31. The Hall–Kier alpha value is -3.76. The summed E-state index contributed by atoms with van der Waals surface area (Å²) in [5.41, 5.74) is 20.0. The number of carbonyl (C=O) groups is 2. The second-order valence-corrected chi connectivity index (χ2v) is 12.7. The van der Waals surface area contributed by atoms with Crippen molar-refractivity contribution in [2.75, 3.05) is 40.5 Å². The van der Waals surface area contributed by atoms with Crippen molar-refractivity contribution in [1.29, 1.82) is 0 Å². The number of amides is 1. The number of thiol groups is 2. The monoisotopic (exact) mass is 685 g/mol. The van der Waals surface area contributed by atoms with Crippen molar-refractivity contribution in [3.63, 3.8) is 0 Å². The molecule has 7 N–H and O–H groups in total. The lowest BCUT2D eigenvalue weighted by molar-refractivity contribution is 0.102. The normalized spacial score (nSPS) is 11.9. The average molecular weight is 686 g/mol. The van der Waals surface area contributed by atoms with Crippen LogP contribution in [0.5, 0.6) is 0 Å². The van der Waals surface area contributed by atoms with E-state index in [1.165, 1.54) is 18.4 Å². The van der Waals surface area contributed by atoms with Crippen LogP contribution in [0.4, 0.5) is 17.1 Å². The summed E-state index contributed by atoms with van der Waals surface area (Å²) in [5, 5.41) is 9.67. The number of carbonyl (C=O) groups excluding carboxylic acids is 2. The molecule has 0 aliphatic heterocycles. The molecule has 2 atom stereocenters. The molecule has 4 aromatic carbocycles. The first kappa shape index (κ1) is 38.7. The maximum absolute atomic E-state index is 12.8. The van der Waals surface area contributed by atoms with Crippen LogP contribution >= 0.6 is 25.3 Å². The van der Waals surface area contributed by atoms with Gasteiger partial charge >= 0.3 is 0 Å². The van der Waals surface area contributed by atoms with Crippen LogP contribution in [0.1, 0.15) is 69.2 Å². The molecule has 0 saturated carbocycles. The zero-order chi connectivity index (χ0) is 34.9. The quantitative estimate of drug-likeness (QED) is 0.0372. The number of hydrogen-bond donors (Lipinski definition) is 7. The third-order valence-electron chi connectivity index (χ3n) is 8.03. The molecule has 0 radical (unpaired) electrons. The van der Waals surface area contributed by atoms with E-state index >= 15 is 0 Å². The van der Waals surface area contributed by atoms with E-state index in [9.17, 15) is 9.59 Å². The summed E-state index contributed by atoms with van der Waals surface area (Å²) in [7, 11) is 0. The molecule has 0 aliphatic rings. The Balaban J connectivity index is 0.000000275. The number of nitrogens with two attached hydrogens (primary N) is 2. The van der Waals surface area contributed by atoms with Gasteiger partial charge in [0.1, 0.15) is 0 Å². The number of nitrogens with one attached hydrogen (secondary N) is 3. The average Bonchev–Trinajstić information content (AvgIpc) is 3.12. The molecule has 0 saturated heterocycles. The molecule has 0 aromatic heterocycles. The van der Waals surface area contributed by atoms with E-state index in [0.29, 0.717) is 41.3 Å². The molecule has 4 rings (SSSR count). The predicted octanol–water partition coefficient (Wildman–Crippen LogP) is 7.54. The van der Waals surface area contributed by atoms with Crippen molar-refractivity contribution in [3.8, 4) is 0 Å². The fourth-order valence-corrected chi connectivity index (χ4v) is 5.15. The van der Waals surface area contributed by atoms with Crippen molar-refractivity contribution in [1.82, 2.24) is 0 Å². The van der Waals surface area contributed by atoms with Gasteiger partial charge in [0.25, 0.3) is 5.91 Å². The maximum atomic E-state index is 12.8. The predicted molar refractivity (Wildman–Crippen MR) is 210 cm³/mol. The highest BCUT2D eigenvalue weighted by molar-refractivity contribution is 7.80. The molecular weight excluding hydrogens is 635 g/mol. The van der Waals surface area contributed by atoms with E-state index in [0.717, 1.165) is 41.0 Å². The van der Waals surface area contributed by atoms with Gasteiger partial charge < -0.3 is 27.4 Å². The van der Waals surface area contributed by atoms with Gasteiger partial charge in [0, 0.05) is 70.4 Å². The van der Waals surface area contributed by atoms with Crippen LogP contribution in [0.25, 0.3) is 0 Å². The Morgan fingerprint density at radius 3 is 2.06 bits per heavy atom. The number of anilines is 3. The Morgan fingerprint density at radius 2 is 1.38 bits per heavy atom. The molecule has 0 spiro atoms. The molecule has 48 heavy (non-hydrogen) atoms. The van der Waals surface area contributed by atoms with E-state index in [1.54, 1.807) is 0 Å². The van der Waals surface area contributed by atoms with Gasteiger partial charge in [0.2, 0.25) is 0 Å². The summed E-state index contributed by atoms with van der Waals surface area (Å²) in [6, 6.07) is 28.5. The van der Waals surface area contributed by atoms with E-state index in [-0.39, 0.29) is 23.8 Å². The number of ketones is 1. The van der Waals surface area contributed by atoms with Crippen molar-refractivity contribution in [2.45, 2.75) is 58.5 Å². The summed E-state index contributed by atoms with van der Waals surface area (Å²) < 4.78 is 0. The van der Waals surface area contributed by atoms with Gasteiger partial charge in [-0.15, -0.1) is 0 Å². The second kappa shape index (κ2) is 20.6. The Bertz CT molecular complexity index is 1600. The smallest absolute Gasteiger partial charge is 0.255 e. The Labute approximate surface area is 297 Å². The van der Waals surface area contributed by atoms with Gasteiger partial charge in [-0.05, 0) is 73.7 Å². The topological polar surface area (TPSA) is 122 Å². The van der Waals surface area contributed by atoms with Crippen molar-refractivity contribution in [2.24, 2.45) is 11.5 Å². The maximum Gasteiger partial charge on any atom is 0.255 e. The highest BCUT2D eigenvalue weighted by Crippen LogP contribution is 2.23. The summed E-state index contributed by atoms with van der Waals surface area (Å²) in [5.74, 6) is 1.16. The van der Waals surface area contributed by atoms with Gasteiger partial charge in [-0.2, -0.15) is 25.3 Å². The minimum Gasteiger partial charge on any atom is -0.383 e. The zero-order valence-corrected chi connectivity index (χ0v) is 30.1. The van der Waals surface area contributed by atoms with Gasteiger partial charge in [0.05, 0.1) is 0 Å². The lowest BCUT2D eigenvalue weighted by Gasteiger charge is -2.17. The van der Waals surface area contributed by atoms with Crippen molar-refractivity contribution >= 4 is 54.0 Å². The van der Waals surface area contributed by atoms with Crippen LogP contribution in [0.2, 0.25) is 0 Å². The summed E-state index contributed by atoms with van der Waals surface area (Å²) in [6.45, 7) is 7.53. The molecule has 0 heterocycles. The second-order valence-electron chi connectivity index (χ2n) is 12.0. The largest absolute Gasteiger partial charge is 0.383 e. The molecule has 256 valence electrons. The molecule has 0 bridgehead atoms. The third kappa shape index (κ3) is 12.4. The van der Waals surface area contributed by atoms with Crippen LogP contribution in [-0.2, 0) is 6.42 Å². The van der Waals surface area contributed by atoms with Crippen LogP contribution in [0.3, 0.4) is 0 Å². The number of aryl methyl sites for hydroxylation is 2. The Kier molecular flexibility index (Phi) is 16.6. The third-order valence-corrected chi connectivity index (χ3v) is 8.97. The summed E-state index contributed by atoms with van der Waals surface area (Å²) >= 11 is 8.40. The van der Waals surface area contributed by atoms with E-state index in [1.807, 2.05) is 98.8 Å². The Morgan fingerprint density at radius 1 is 0.708 bits per heavy atom. The highest BCUT2D eigenvalue weighted by Gasteiger charge is 2.13. The van der Waals surface area contributed by atoms with Crippen LogP contribution < -0.4 is 27.4 Å². The molecule has 4 aromatic rings. The first-order valence-electron chi connectivity index (χ1n) is 16.6. The first-order valence-corrected chi connectivity index (χ1v) is 17.8. The molecule has 1 amide bonds. The number of rotatable bonds is 16. The van der Waals surface area contributed by atoms with Crippen LogP contribution in [0, 0.1) is 13.8 Å². The highest BCUT2D eigenvalue weighted by atomic mass is 32.1. The van der Waals surface area contributed by atoms with Crippen molar-refractivity contribution < 1.29 is 9.59 Å². The van der Waals surface area contributed by atoms with Crippen LogP contribution in [-0.4, -0.2) is 48.4 Å². The molecule has 0 aliphatic carbocycles. The SMILES string of the molecule is CCCCCc1ccc(C(=O)Nc2cccc(C)c2C)cc1NC[C@@H](N)CS.N[C@@H](CS)CNc1cccc(C(=O)c2ccccc2)c1. The van der Waals surface area contributed by atoms with Gasteiger partial charge in [-0.3, -0.25) is 9.59 Å². The fraction of sp³-hybridized carbons (Fsp3) is 0.333. The summed E-state index contributed by atoms with van der Waals surface area (Å²) in [4.78, 5) is 25.1. The van der Waals surface area contributed by atoms with E-state index < -0.39 is 0 Å². The number of benzene rings is 4. The summed E-state index contributed by atoms with van der Waals surface area (Å²) in [6.07, 6.45) is 4.51. The number of hydrogen-bond acceptors (Lipinski definition) is 8. The van der Waals surface area contributed by atoms with Gasteiger partial charge in [-0.25, -0.2) is 0 Å². The van der Waals surface area contributed by atoms with E-state index in [4.69, 9.17) is 11.5 Å². The first-order chi connectivity index (χ1) is 23.2. The van der Waals surface area contributed by atoms with Gasteiger partial charge in [-0.1, -0.05) is 80.4 Å². The molecule has 0 fully saturated rings. The molecule has 0 unspecified atom stereocenters. The van der Waals surface area contributed by atoms with E-state index in [2.05, 4.69) is 54.2 Å². The van der Waals surface area contributed by atoms with Crippen LogP contribution in [0.15, 0.2) is 91.0 Å². The molecule has 7 nitrogen and oxygen atoms in total. The number of unbranched alkanes of at least 4 members (excludes halogenated alkanes) is 2. The van der Waals surface area contributed by atoms with Gasteiger partial charge in [0.15, 0.2) is 5.78 Å². The minimum absolute atomic E-state index is 0.00758. The molecular formula is C39H51N5O2S2. The fourth-order valence-electron chi connectivity index (χ4n) is 4.89.